The number of carbonyl (C=O) groups excluding carboxylic acids is 1. The molecule has 1 aliphatic heterocycles. The summed E-state index contributed by atoms with van der Waals surface area (Å²) in [6.07, 6.45) is -4.51. The zero-order valence-corrected chi connectivity index (χ0v) is 10.1. The van der Waals surface area contributed by atoms with Crippen LogP contribution in [0.4, 0.5) is 13.2 Å². The lowest BCUT2D eigenvalue weighted by atomic mass is 9.99. The molecule has 1 amide bonds. The van der Waals surface area contributed by atoms with Gasteiger partial charge in [-0.15, -0.1) is 0 Å². The van der Waals surface area contributed by atoms with Crippen molar-refractivity contribution in [3.05, 3.63) is 34.4 Å². The zero-order valence-electron chi connectivity index (χ0n) is 10.1. The van der Waals surface area contributed by atoms with Crippen LogP contribution in [0.3, 0.4) is 0 Å². The highest BCUT2D eigenvalue weighted by Crippen LogP contribution is 2.35. The quantitative estimate of drug-likeness (QED) is 0.815. The number of aliphatic hydroxyl groups excluding tert-OH is 1. The minimum Gasteiger partial charge on any atom is -0.392 e. The summed E-state index contributed by atoms with van der Waals surface area (Å²) in [6.45, 7) is 3.36. The number of halogens is 3. The number of nitrogens with one attached hydrogen (secondary N) is 1. The van der Waals surface area contributed by atoms with Crippen LogP contribution in [0.15, 0.2) is 12.1 Å². The van der Waals surface area contributed by atoms with Crippen molar-refractivity contribution in [2.24, 2.45) is 0 Å². The van der Waals surface area contributed by atoms with Crippen molar-refractivity contribution in [2.45, 2.75) is 33.2 Å². The molecule has 0 atom stereocenters. The number of hydrogen-bond acceptors (Lipinski definition) is 2. The van der Waals surface area contributed by atoms with Gasteiger partial charge in [0.05, 0.1) is 12.2 Å². The van der Waals surface area contributed by atoms with Crippen LogP contribution in [0.25, 0.3) is 0 Å². The molecule has 3 nitrogen and oxygen atoms in total. The van der Waals surface area contributed by atoms with E-state index in [1.807, 2.05) is 13.8 Å². The lowest BCUT2D eigenvalue weighted by Crippen LogP contribution is -2.12. The summed E-state index contributed by atoms with van der Waals surface area (Å²) < 4.78 is 38.0. The van der Waals surface area contributed by atoms with Crippen molar-refractivity contribution in [2.75, 3.05) is 0 Å². The van der Waals surface area contributed by atoms with Gasteiger partial charge < -0.3 is 10.4 Å². The molecule has 0 aromatic heterocycles. The summed E-state index contributed by atoms with van der Waals surface area (Å²) in [7, 11) is 0. The van der Waals surface area contributed by atoms with Crippen LogP contribution < -0.4 is 5.32 Å². The highest BCUT2D eigenvalue weighted by atomic mass is 19.4. The second kappa shape index (κ2) is 5.39. The van der Waals surface area contributed by atoms with E-state index in [4.69, 9.17) is 5.11 Å². The van der Waals surface area contributed by atoms with E-state index in [1.54, 1.807) is 0 Å². The van der Waals surface area contributed by atoms with E-state index in [2.05, 4.69) is 5.32 Å². The maximum Gasteiger partial charge on any atom is 0.416 e. The Balaban J connectivity index is 0.000000771. The van der Waals surface area contributed by atoms with Crippen LogP contribution in [-0.2, 0) is 19.3 Å². The predicted octanol–water partition coefficient (Wildman–Crippen LogP) is 2.47. The van der Waals surface area contributed by atoms with Crippen molar-refractivity contribution in [1.82, 2.24) is 5.32 Å². The Morgan fingerprint density at radius 3 is 2.44 bits per heavy atom. The summed E-state index contributed by atoms with van der Waals surface area (Å²) in [5.74, 6) is -0.532. The van der Waals surface area contributed by atoms with Crippen LogP contribution in [0.1, 0.15) is 40.9 Å². The van der Waals surface area contributed by atoms with E-state index in [9.17, 15) is 18.0 Å². The molecule has 0 spiro atoms. The van der Waals surface area contributed by atoms with Gasteiger partial charge in [0.1, 0.15) is 0 Å². The zero-order chi connectivity index (χ0) is 13.9. The van der Waals surface area contributed by atoms with Crippen molar-refractivity contribution in [3.63, 3.8) is 0 Å². The maximum absolute atomic E-state index is 12.7. The molecular weight excluding hydrogens is 247 g/mol. The number of hydrogen-bond donors (Lipinski definition) is 2. The van der Waals surface area contributed by atoms with Gasteiger partial charge in [-0.05, 0) is 23.3 Å². The Morgan fingerprint density at radius 1 is 1.33 bits per heavy atom. The molecule has 18 heavy (non-hydrogen) atoms. The summed E-state index contributed by atoms with van der Waals surface area (Å²) in [4.78, 5) is 11.3. The molecule has 1 heterocycles. The minimum absolute atomic E-state index is 0.00104. The summed E-state index contributed by atoms with van der Waals surface area (Å²) >= 11 is 0. The number of aliphatic hydroxyl groups is 1. The molecule has 0 saturated carbocycles. The molecule has 1 aromatic rings. The van der Waals surface area contributed by atoms with Crippen LogP contribution in [0.5, 0.6) is 0 Å². The SMILES string of the molecule is CC.O=C1NCc2c1cc(CO)cc2C(F)(F)F. The Morgan fingerprint density at radius 2 is 1.94 bits per heavy atom. The highest BCUT2D eigenvalue weighted by molar-refractivity contribution is 5.99. The van der Waals surface area contributed by atoms with E-state index in [0.29, 0.717) is 0 Å². The van der Waals surface area contributed by atoms with Crippen LogP contribution >= 0.6 is 0 Å². The molecule has 2 rings (SSSR count). The average Bonchev–Trinajstić information content (AvgIpc) is 2.71. The maximum atomic E-state index is 12.7. The van der Waals surface area contributed by atoms with Crippen molar-refractivity contribution in [3.8, 4) is 0 Å². The fourth-order valence-corrected chi connectivity index (χ4v) is 1.73. The van der Waals surface area contributed by atoms with Crippen LogP contribution in [0, 0.1) is 0 Å². The monoisotopic (exact) mass is 261 g/mol. The Kier molecular flexibility index (Phi) is 4.34. The van der Waals surface area contributed by atoms with Crippen molar-refractivity contribution < 1.29 is 23.1 Å². The fraction of sp³-hybridized carbons (Fsp3) is 0.417. The lowest BCUT2D eigenvalue weighted by molar-refractivity contribution is -0.138. The van der Waals surface area contributed by atoms with Crippen LogP contribution in [-0.4, -0.2) is 11.0 Å². The van der Waals surface area contributed by atoms with E-state index >= 15 is 0 Å². The van der Waals surface area contributed by atoms with Gasteiger partial charge in [0, 0.05) is 12.1 Å². The molecule has 0 radical (unpaired) electrons. The third-order valence-electron chi connectivity index (χ3n) is 2.47. The molecule has 1 aromatic carbocycles. The summed E-state index contributed by atoms with van der Waals surface area (Å²) in [5, 5.41) is 11.2. The number of amides is 1. The van der Waals surface area contributed by atoms with Gasteiger partial charge in [-0.25, -0.2) is 0 Å². The van der Waals surface area contributed by atoms with Gasteiger partial charge in [0.2, 0.25) is 0 Å². The Bertz CT molecular complexity index is 455. The topological polar surface area (TPSA) is 49.3 Å². The standard InChI is InChI=1S/C10H8F3NO2.C2H6/c11-10(12,13)8-2-5(4-15)1-6-7(8)3-14-9(6)16;1-2/h1-2,15H,3-4H2,(H,14,16);1-2H3. The van der Waals surface area contributed by atoms with Crippen molar-refractivity contribution in [1.29, 1.82) is 0 Å². The first-order valence-corrected chi connectivity index (χ1v) is 5.55. The van der Waals surface area contributed by atoms with Crippen molar-refractivity contribution >= 4 is 5.91 Å². The van der Waals surface area contributed by atoms with Gasteiger partial charge in [0.25, 0.3) is 5.91 Å². The molecule has 0 bridgehead atoms. The lowest BCUT2D eigenvalue weighted by Gasteiger charge is -2.12. The largest absolute Gasteiger partial charge is 0.416 e. The summed E-state index contributed by atoms with van der Waals surface area (Å²) in [5.41, 5.74) is -0.816. The molecule has 0 fully saturated rings. The molecular formula is C12H14F3NO2. The minimum atomic E-state index is -4.51. The predicted molar refractivity (Wildman–Crippen MR) is 59.9 cm³/mol. The third kappa shape index (κ3) is 2.64. The molecule has 0 saturated heterocycles. The number of carbonyl (C=O) groups is 1. The van der Waals surface area contributed by atoms with Gasteiger partial charge in [-0.3, -0.25) is 4.79 Å². The first kappa shape index (κ1) is 14.5. The summed E-state index contributed by atoms with van der Waals surface area (Å²) in [6, 6.07) is 2.16. The molecule has 0 aliphatic carbocycles. The van der Waals surface area contributed by atoms with Gasteiger partial charge >= 0.3 is 6.18 Å². The van der Waals surface area contributed by atoms with Crippen LogP contribution in [0.2, 0.25) is 0 Å². The molecule has 2 N–H and O–H groups in total. The number of rotatable bonds is 1. The van der Waals surface area contributed by atoms with E-state index < -0.39 is 24.3 Å². The third-order valence-corrected chi connectivity index (χ3v) is 2.47. The first-order valence-electron chi connectivity index (χ1n) is 5.55. The number of alkyl halides is 3. The average molecular weight is 261 g/mol. The van der Waals surface area contributed by atoms with Gasteiger partial charge in [0.15, 0.2) is 0 Å². The normalized spacial score (nSPS) is 13.6. The Labute approximate surface area is 103 Å². The van der Waals surface area contributed by atoms with Gasteiger partial charge in [-0.1, -0.05) is 13.8 Å². The Hall–Kier alpha value is -1.56. The number of benzene rings is 1. The molecule has 6 heteroatoms. The van der Waals surface area contributed by atoms with E-state index in [-0.39, 0.29) is 23.2 Å². The molecule has 1 aliphatic rings. The molecule has 100 valence electrons. The first-order chi connectivity index (χ1) is 8.43. The second-order valence-corrected chi connectivity index (χ2v) is 3.51. The molecule has 0 unspecified atom stereocenters. The number of fused-ring (bicyclic) bond motifs is 1. The van der Waals surface area contributed by atoms with E-state index in [1.165, 1.54) is 6.07 Å². The fourth-order valence-electron chi connectivity index (χ4n) is 1.73. The second-order valence-electron chi connectivity index (χ2n) is 3.51. The smallest absolute Gasteiger partial charge is 0.392 e. The van der Waals surface area contributed by atoms with E-state index in [0.717, 1.165) is 6.07 Å². The van der Waals surface area contributed by atoms with Gasteiger partial charge in [-0.2, -0.15) is 13.2 Å². The highest BCUT2D eigenvalue weighted by Gasteiger charge is 2.37.